The molecule has 0 atom stereocenters. The molecule has 1 aromatic rings. The Kier molecular flexibility index (Phi) is 1.87. The van der Waals surface area contributed by atoms with Crippen LogP contribution in [0.25, 0.3) is 6.08 Å². The summed E-state index contributed by atoms with van der Waals surface area (Å²) in [5.74, 6) is 3.38. The van der Waals surface area contributed by atoms with Crippen molar-refractivity contribution < 1.29 is 0 Å². The molecule has 0 saturated carbocycles. The molecular weight excluding hydrogens is 162 g/mol. The van der Waals surface area contributed by atoms with E-state index in [9.17, 15) is 0 Å². The van der Waals surface area contributed by atoms with Gasteiger partial charge in [0, 0.05) is 6.08 Å². The molecule has 0 aromatic carbocycles. The molecular formula is C10H11N3. The molecule has 0 unspecified atom stereocenters. The van der Waals surface area contributed by atoms with Gasteiger partial charge in [0.05, 0.1) is 11.9 Å². The molecule has 0 fully saturated rings. The third kappa shape index (κ3) is 1.46. The lowest BCUT2D eigenvalue weighted by atomic mass is 10.0. The molecule has 3 nitrogen and oxygen atoms in total. The molecule has 2 rings (SSSR count). The molecule has 0 amide bonds. The topological polar surface area (TPSA) is 41.0 Å². The molecule has 0 aliphatic carbocycles. The summed E-state index contributed by atoms with van der Waals surface area (Å²) in [6.45, 7) is 4.29. The van der Waals surface area contributed by atoms with Crippen LogP contribution in [-0.2, 0) is 0 Å². The van der Waals surface area contributed by atoms with Crippen LogP contribution < -0.4 is 0 Å². The summed E-state index contributed by atoms with van der Waals surface area (Å²) >= 11 is 0. The van der Waals surface area contributed by atoms with Crippen LogP contribution in [0.3, 0.4) is 0 Å². The Bertz CT molecular complexity index is 404. The van der Waals surface area contributed by atoms with E-state index in [0.29, 0.717) is 5.92 Å². The minimum absolute atomic E-state index is 0.483. The fraction of sp³-hybridized carbons (Fsp3) is 0.300. The van der Waals surface area contributed by atoms with Crippen LogP contribution in [0, 0.1) is 5.92 Å². The van der Waals surface area contributed by atoms with Gasteiger partial charge in [0.25, 0.3) is 0 Å². The molecule has 0 bridgehead atoms. The maximum atomic E-state index is 4.13. The average Bonchev–Trinajstić information content (AvgIpc) is 2.42. The lowest BCUT2D eigenvalue weighted by molar-refractivity contribution is 0.798. The molecule has 66 valence electrons. The summed E-state index contributed by atoms with van der Waals surface area (Å²) in [6, 6.07) is 0. The van der Waals surface area contributed by atoms with Gasteiger partial charge in [0.1, 0.15) is 5.69 Å². The van der Waals surface area contributed by atoms with Crippen molar-refractivity contribution in [3.05, 3.63) is 23.5 Å². The molecule has 1 aliphatic heterocycles. The number of hydrogen-bond acceptors (Lipinski definition) is 2. The van der Waals surface area contributed by atoms with Crippen molar-refractivity contribution in [1.29, 1.82) is 0 Å². The number of nitrogens with one attached hydrogen (secondary N) is 1. The first-order valence-corrected chi connectivity index (χ1v) is 4.32. The van der Waals surface area contributed by atoms with Crippen molar-refractivity contribution in [2.45, 2.75) is 13.8 Å². The van der Waals surface area contributed by atoms with Crippen molar-refractivity contribution in [2.75, 3.05) is 0 Å². The van der Waals surface area contributed by atoms with Gasteiger partial charge < -0.3 is 0 Å². The van der Waals surface area contributed by atoms with E-state index in [2.05, 4.69) is 41.0 Å². The predicted octanol–water partition coefficient (Wildman–Crippen LogP) is 2.32. The van der Waals surface area contributed by atoms with E-state index in [0.717, 1.165) is 11.4 Å². The predicted molar refractivity (Wildman–Crippen MR) is 53.1 cm³/mol. The zero-order valence-electron chi connectivity index (χ0n) is 7.70. The minimum atomic E-state index is 0.483. The normalized spacial score (nSPS) is 14.2. The molecule has 0 saturated heterocycles. The van der Waals surface area contributed by atoms with E-state index in [1.165, 1.54) is 5.57 Å². The summed E-state index contributed by atoms with van der Waals surface area (Å²) in [5.41, 5.74) is 3.03. The number of aromatic nitrogens is 2. The number of hydrogen-bond donors (Lipinski definition) is 1. The van der Waals surface area contributed by atoms with Gasteiger partial charge in [-0.25, -0.2) is 4.99 Å². The standard InChI is InChI=1S/C10H11N3/c1-7(2)8-3-4-11-10-6-12-13-9(10)5-8/h3,5-7H,1-2H3,(H,12,13). The van der Waals surface area contributed by atoms with Crippen LogP contribution in [0.1, 0.15) is 19.5 Å². The fourth-order valence-electron chi connectivity index (χ4n) is 1.20. The fourth-order valence-corrected chi connectivity index (χ4v) is 1.20. The number of H-pyrrole nitrogens is 1. The van der Waals surface area contributed by atoms with Crippen LogP contribution >= 0.6 is 0 Å². The Hall–Kier alpha value is -1.60. The monoisotopic (exact) mass is 173 g/mol. The van der Waals surface area contributed by atoms with Gasteiger partial charge in [0.2, 0.25) is 0 Å². The van der Waals surface area contributed by atoms with E-state index < -0.39 is 0 Å². The summed E-state index contributed by atoms with van der Waals surface area (Å²) in [6.07, 6.45) is 5.69. The first-order chi connectivity index (χ1) is 6.27. The second-order valence-corrected chi connectivity index (χ2v) is 3.35. The molecule has 0 spiro atoms. The number of fused-ring (bicyclic) bond motifs is 1. The SMILES string of the molecule is CC(C)C1=Cc2[nH]ncc2N=C=C1. The number of nitrogens with zero attached hydrogens (tertiary/aromatic N) is 2. The highest BCUT2D eigenvalue weighted by atomic mass is 15.1. The molecule has 3 heteroatoms. The first kappa shape index (κ1) is 8.02. The molecule has 2 heterocycles. The molecule has 13 heavy (non-hydrogen) atoms. The number of rotatable bonds is 1. The van der Waals surface area contributed by atoms with Crippen LogP contribution in [0.2, 0.25) is 0 Å². The van der Waals surface area contributed by atoms with E-state index in [1.807, 2.05) is 6.08 Å². The Balaban J connectivity index is 2.52. The summed E-state index contributed by atoms with van der Waals surface area (Å²) in [7, 11) is 0. The third-order valence-corrected chi connectivity index (χ3v) is 2.04. The van der Waals surface area contributed by atoms with E-state index in [-0.39, 0.29) is 0 Å². The lowest BCUT2D eigenvalue weighted by Crippen LogP contribution is -1.89. The van der Waals surface area contributed by atoms with Gasteiger partial charge in [-0.3, -0.25) is 5.10 Å². The molecule has 1 N–H and O–H groups in total. The van der Waals surface area contributed by atoms with Crippen molar-refractivity contribution in [2.24, 2.45) is 10.9 Å². The van der Waals surface area contributed by atoms with Gasteiger partial charge in [0.15, 0.2) is 0 Å². The highest BCUT2D eigenvalue weighted by molar-refractivity contribution is 5.75. The van der Waals surface area contributed by atoms with Gasteiger partial charge in [-0.15, -0.1) is 0 Å². The van der Waals surface area contributed by atoms with Gasteiger partial charge >= 0.3 is 0 Å². The Labute approximate surface area is 76.9 Å². The van der Waals surface area contributed by atoms with Crippen LogP contribution in [0.5, 0.6) is 0 Å². The Morgan fingerprint density at radius 3 is 3.08 bits per heavy atom. The van der Waals surface area contributed by atoms with Gasteiger partial charge in [-0.05, 0) is 23.4 Å². The largest absolute Gasteiger partial charge is 0.276 e. The summed E-state index contributed by atoms with van der Waals surface area (Å²) in [5, 5.41) is 6.82. The van der Waals surface area contributed by atoms with Crippen LogP contribution in [0.4, 0.5) is 5.69 Å². The van der Waals surface area contributed by atoms with E-state index >= 15 is 0 Å². The van der Waals surface area contributed by atoms with Crippen LogP contribution in [-0.4, -0.2) is 16.1 Å². The second kappa shape index (κ2) is 3.04. The van der Waals surface area contributed by atoms with Gasteiger partial charge in [-0.2, -0.15) is 5.10 Å². The van der Waals surface area contributed by atoms with Crippen molar-refractivity contribution in [3.63, 3.8) is 0 Å². The van der Waals surface area contributed by atoms with Crippen LogP contribution in [0.15, 0.2) is 22.8 Å². The Morgan fingerprint density at radius 1 is 1.46 bits per heavy atom. The first-order valence-electron chi connectivity index (χ1n) is 4.32. The average molecular weight is 173 g/mol. The van der Waals surface area contributed by atoms with Crippen molar-refractivity contribution in [3.8, 4) is 0 Å². The third-order valence-electron chi connectivity index (χ3n) is 2.04. The maximum Gasteiger partial charge on any atom is 0.118 e. The van der Waals surface area contributed by atoms with E-state index in [4.69, 9.17) is 0 Å². The highest BCUT2D eigenvalue weighted by Crippen LogP contribution is 2.23. The Morgan fingerprint density at radius 2 is 2.31 bits per heavy atom. The summed E-state index contributed by atoms with van der Waals surface area (Å²) in [4.78, 5) is 4.13. The number of aromatic amines is 1. The highest BCUT2D eigenvalue weighted by Gasteiger charge is 2.06. The molecule has 1 aliphatic rings. The zero-order chi connectivity index (χ0) is 9.26. The maximum absolute atomic E-state index is 4.13. The minimum Gasteiger partial charge on any atom is -0.276 e. The van der Waals surface area contributed by atoms with Gasteiger partial charge in [-0.1, -0.05) is 13.8 Å². The zero-order valence-corrected chi connectivity index (χ0v) is 7.70. The summed E-state index contributed by atoms with van der Waals surface area (Å²) < 4.78 is 0. The van der Waals surface area contributed by atoms with Crippen molar-refractivity contribution >= 4 is 17.6 Å². The molecule has 0 radical (unpaired) electrons. The quantitative estimate of drug-likeness (QED) is 0.695. The second-order valence-electron chi connectivity index (χ2n) is 3.35. The lowest BCUT2D eigenvalue weighted by Gasteiger charge is -2.02. The number of aliphatic imine (C=N–C) groups is 1. The van der Waals surface area contributed by atoms with E-state index in [1.54, 1.807) is 6.20 Å². The molecule has 1 aromatic heterocycles. The van der Waals surface area contributed by atoms with Crippen molar-refractivity contribution in [1.82, 2.24) is 10.2 Å². The smallest absolute Gasteiger partial charge is 0.118 e. The number of allylic oxidation sites excluding steroid dienone is 2.